The van der Waals surface area contributed by atoms with Gasteiger partial charge in [0.1, 0.15) is 11.5 Å². The van der Waals surface area contributed by atoms with Gasteiger partial charge >= 0.3 is 0 Å². The summed E-state index contributed by atoms with van der Waals surface area (Å²) in [4.78, 5) is 27.2. The molecule has 0 radical (unpaired) electrons. The lowest BCUT2D eigenvalue weighted by atomic mass is 10.1. The molecule has 1 aliphatic heterocycles. The van der Waals surface area contributed by atoms with E-state index in [9.17, 15) is 9.59 Å². The first kappa shape index (κ1) is 19.7. The van der Waals surface area contributed by atoms with Crippen LogP contribution in [0.2, 0.25) is 0 Å². The van der Waals surface area contributed by atoms with Crippen LogP contribution in [-0.4, -0.2) is 43.5 Å². The summed E-state index contributed by atoms with van der Waals surface area (Å²) in [5, 5.41) is 2.80. The van der Waals surface area contributed by atoms with Crippen molar-refractivity contribution < 1.29 is 19.1 Å². The van der Waals surface area contributed by atoms with Crippen LogP contribution in [0.1, 0.15) is 36.0 Å². The lowest BCUT2D eigenvalue weighted by Crippen LogP contribution is -2.33. The summed E-state index contributed by atoms with van der Waals surface area (Å²) >= 11 is 0. The van der Waals surface area contributed by atoms with Gasteiger partial charge in [-0.2, -0.15) is 0 Å². The zero-order chi connectivity index (χ0) is 19.8. The second kappa shape index (κ2) is 9.78. The number of rotatable bonds is 6. The Morgan fingerprint density at radius 1 is 0.964 bits per heavy atom. The Kier molecular flexibility index (Phi) is 6.89. The smallest absolute Gasteiger partial charge is 0.262 e. The van der Waals surface area contributed by atoms with Gasteiger partial charge < -0.3 is 19.7 Å². The molecule has 148 valence electrons. The van der Waals surface area contributed by atoms with E-state index in [1.165, 1.54) is 0 Å². The number of para-hydroxylation sites is 1. The highest BCUT2D eigenvalue weighted by Gasteiger charge is 2.20. The third-order valence-electron chi connectivity index (χ3n) is 4.74. The second-order valence-electron chi connectivity index (χ2n) is 6.77. The van der Waals surface area contributed by atoms with Gasteiger partial charge in [0.2, 0.25) is 0 Å². The average Bonchev–Trinajstić information content (AvgIpc) is 3.02. The van der Waals surface area contributed by atoms with E-state index in [1.807, 2.05) is 11.0 Å². The summed E-state index contributed by atoms with van der Waals surface area (Å²) in [6.07, 6.45) is 4.36. The summed E-state index contributed by atoms with van der Waals surface area (Å²) in [7, 11) is 1.57. The standard InChI is InChI=1S/C22H26N2O4/c1-27-17-9-8-10-18(15-17)28-16-21(25)23-20-12-5-4-11-19(20)22(26)24-13-6-2-3-7-14-24/h4-5,8-12,15H,2-3,6-7,13-14,16H2,1H3,(H,23,25). The normalized spacial score (nSPS) is 14.1. The van der Waals surface area contributed by atoms with Gasteiger partial charge in [0.15, 0.2) is 6.61 Å². The molecule has 0 unspecified atom stereocenters. The van der Waals surface area contributed by atoms with Crippen molar-refractivity contribution in [1.82, 2.24) is 4.90 Å². The Morgan fingerprint density at radius 3 is 2.43 bits per heavy atom. The molecular weight excluding hydrogens is 356 g/mol. The summed E-state index contributed by atoms with van der Waals surface area (Å²) in [6.45, 7) is 1.37. The second-order valence-corrected chi connectivity index (χ2v) is 6.77. The highest BCUT2D eigenvalue weighted by Crippen LogP contribution is 2.21. The lowest BCUT2D eigenvalue weighted by molar-refractivity contribution is -0.118. The van der Waals surface area contributed by atoms with Crippen LogP contribution in [0.25, 0.3) is 0 Å². The molecule has 1 heterocycles. The molecule has 0 aromatic heterocycles. The number of carbonyl (C=O) groups is 2. The van der Waals surface area contributed by atoms with Crippen LogP contribution in [0.5, 0.6) is 11.5 Å². The van der Waals surface area contributed by atoms with Gasteiger partial charge in [-0.3, -0.25) is 9.59 Å². The summed E-state index contributed by atoms with van der Waals surface area (Å²) in [5.74, 6) is 0.847. The van der Waals surface area contributed by atoms with E-state index in [0.29, 0.717) is 22.7 Å². The molecule has 1 N–H and O–H groups in total. The molecule has 28 heavy (non-hydrogen) atoms. The number of amides is 2. The van der Waals surface area contributed by atoms with E-state index in [2.05, 4.69) is 5.32 Å². The molecule has 3 rings (SSSR count). The van der Waals surface area contributed by atoms with Gasteiger partial charge in [-0.1, -0.05) is 31.0 Å². The minimum absolute atomic E-state index is 0.0356. The highest BCUT2D eigenvalue weighted by molar-refractivity contribution is 6.04. The average molecular weight is 382 g/mol. The largest absolute Gasteiger partial charge is 0.497 e. The first-order valence-corrected chi connectivity index (χ1v) is 9.62. The Bertz CT molecular complexity index is 814. The number of nitrogens with zero attached hydrogens (tertiary/aromatic N) is 1. The molecule has 2 amide bonds. The van der Waals surface area contributed by atoms with Crippen molar-refractivity contribution in [1.29, 1.82) is 0 Å². The van der Waals surface area contributed by atoms with Crippen molar-refractivity contribution in [2.24, 2.45) is 0 Å². The van der Waals surface area contributed by atoms with Crippen molar-refractivity contribution in [2.45, 2.75) is 25.7 Å². The number of benzene rings is 2. The van der Waals surface area contributed by atoms with Crippen LogP contribution in [0.15, 0.2) is 48.5 Å². The van der Waals surface area contributed by atoms with Crippen molar-refractivity contribution >= 4 is 17.5 Å². The quantitative estimate of drug-likeness (QED) is 0.827. The van der Waals surface area contributed by atoms with Gasteiger partial charge in [-0.25, -0.2) is 0 Å². The number of carbonyl (C=O) groups excluding carboxylic acids is 2. The van der Waals surface area contributed by atoms with Crippen molar-refractivity contribution in [3.63, 3.8) is 0 Å². The van der Waals surface area contributed by atoms with Gasteiger partial charge in [0, 0.05) is 19.2 Å². The molecule has 0 spiro atoms. The van der Waals surface area contributed by atoms with Crippen molar-refractivity contribution in [3.05, 3.63) is 54.1 Å². The number of hydrogen-bond donors (Lipinski definition) is 1. The number of hydrogen-bond acceptors (Lipinski definition) is 4. The third kappa shape index (κ3) is 5.25. The van der Waals surface area contributed by atoms with E-state index < -0.39 is 0 Å². The number of likely N-dealkylation sites (tertiary alicyclic amines) is 1. The molecular formula is C22H26N2O4. The maximum Gasteiger partial charge on any atom is 0.262 e. The van der Waals surface area contributed by atoms with E-state index in [0.717, 1.165) is 38.8 Å². The first-order chi connectivity index (χ1) is 13.7. The predicted molar refractivity (Wildman–Crippen MR) is 108 cm³/mol. The topological polar surface area (TPSA) is 67.9 Å². The Morgan fingerprint density at radius 2 is 1.68 bits per heavy atom. The van der Waals surface area contributed by atoms with Crippen LogP contribution in [0.3, 0.4) is 0 Å². The van der Waals surface area contributed by atoms with Crippen LogP contribution in [-0.2, 0) is 4.79 Å². The zero-order valence-corrected chi connectivity index (χ0v) is 16.1. The van der Waals surface area contributed by atoms with Crippen molar-refractivity contribution in [2.75, 3.05) is 32.1 Å². The molecule has 0 bridgehead atoms. The van der Waals surface area contributed by atoms with E-state index in [-0.39, 0.29) is 18.4 Å². The van der Waals surface area contributed by atoms with Gasteiger partial charge in [-0.05, 0) is 37.1 Å². The minimum atomic E-state index is -0.320. The molecule has 1 fully saturated rings. The number of nitrogens with one attached hydrogen (secondary N) is 1. The summed E-state index contributed by atoms with van der Waals surface area (Å²) in [5.41, 5.74) is 1.02. The molecule has 0 atom stereocenters. The maximum absolute atomic E-state index is 12.9. The number of ether oxygens (including phenoxy) is 2. The lowest BCUT2D eigenvalue weighted by Gasteiger charge is -2.22. The van der Waals surface area contributed by atoms with E-state index in [4.69, 9.17) is 9.47 Å². The molecule has 6 nitrogen and oxygen atoms in total. The number of anilines is 1. The maximum atomic E-state index is 12.9. The molecule has 0 aliphatic carbocycles. The predicted octanol–water partition coefficient (Wildman–Crippen LogP) is 3.73. The third-order valence-corrected chi connectivity index (χ3v) is 4.74. The van der Waals surface area contributed by atoms with Crippen LogP contribution < -0.4 is 14.8 Å². The SMILES string of the molecule is COc1cccc(OCC(=O)Nc2ccccc2C(=O)N2CCCCCC2)c1. The molecule has 2 aromatic rings. The first-order valence-electron chi connectivity index (χ1n) is 9.62. The van der Waals surface area contributed by atoms with Gasteiger partial charge in [-0.15, -0.1) is 0 Å². The Labute approximate surface area is 165 Å². The van der Waals surface area contributed by atoms with E-state index in [1.54, 1.807) is 49.6 Å². The molecule has 1 saturated heterocycles. The molecule has 0 saturated carbocycles. The Hall–Kier alpha value is -3.02. The molecule has 6 heteroatoms. The number of methoxy groups -OCH3 is 1. The fourth-order valence-corrected chi connectivity index (χ4v) is 3.25. The van der Waals surface area contributed by atoms with Gasteiger partial charge in [0.05, 0.1) is 18.4 Å². The molecule has 1 aliphatic rings. The fourth-order valence-electron chi connectivity index (χ4n) is 3.25. The van der Waals surface area contributed by atoms with E-state index >= 15 is 0 Å². The summed E-state index contributed by atoms with van der Waals surface area (Å²) in [6, 6.07) is 14.2. The van der Waals surface area contributed by atoms with Crippen LogP contribution in [0.4, 0.5) is 5.69 Å². The summed E-state index contributed by atoms with van der Waals surface area (Å²) < 4.78 is 10.7. The van der Waals surface area contributed by atoms with Crippen LogP contribution in [0, 0.1) is 0 Å². The van der Waals surface area contributed by atoms with Gasteiger partial charge in [0.25, 0.3) is 11.8 Å². The van der Waals surface area contributed by atoms with Crippen molar-refractivity contribution in [3.8, 4) is 11.5 Å². The highest BCUT2D eigenvalue weighted by atomic mass is 16.5. The zero-order valence-electron chi connectivity index (χ0n) is 16.1. The molecule has 2 aromatic carbocycles. The fraction of sp³-hybridized carbons (Fsp3) is 0.364. The minimum Gasteiger partial charge on any atom is -0.497 e. The Balaban J connectivity index is 1.63. The van der Waals surface area contributed by atoms with Crippen LogP contribution >= 0.6 is 0 Å². The monoisotopic (exact) mass is 382 g/mol.